The van der Waals surface area contributed by atoms with Gasteiger partial charge in [0.15, 0.2) is 0 Å². The molecule has 6 heteroatoms. The summed E-state index contributed by atoms with van der Waals surface area (Å²) in [7, 11) is 1.71. The van der Waals surface area contributed by atoms with Crippen molar-refractivity contribution >= 4 is 17.4 Å². The summed E-state index contributed by atoms with van der Waals surface area (Å²) in [5, 5.41) is 0.301. The number of piperidine rings is 1. The molecule has 0 bridgehead atoms. The Morgan fingerprint density at radius 2 is 2.16 bits per heavy atom. The molecule has 1 fully saturated rings. The summed E-state index contributed by atoms with van der Waals surface area (Å²) in [6.45, 7) is 3.43. The third kappa shape index (κ3) is 4.60. The molecule has 0 unspecified atom stereocenters. The molecule has 0 N–H and O–H groups in total. The Labute approximate surface area is 118 Å². The van der Waals surface area contributed by atoms with Crippen molar-refractivity contribution < 1.29 is 9.47 Å². The van der Waals surface area contributed by atoms with E-state index in [1.165, 1.54) is 0 Å². The van der Waals surface area contributed by atoms with E-state index < -0.39 is 0 Å². The predicted octanol–water partition coefficient (Wildman–Crippen LogP) is 2.15. The number of hydrogen-bond acceptors (Lipinski definition) is 5. The van der Waals surface area contributed by atoms with Crippen LogP contribution in [0.25, 0.3) is 0 Å². The van der Waals surface area contributed by atoms with Crippen molar-refractivity contribution in [3.63, 3.8) is 0 Å². The number of anilines is 1. The Kier molecular flexibility index (Phi) is 5.82. The summed E-state index contributed by atoms with van der Waals surface area (Å²) in [5.41, 5.74) is 0. The Morgan fingerprint density at radius 3 is 2.84 bits per heavy atom. The quantitative estimate of drug-likeness (QED) is 0.592. The third-order valence-electron chi connectivity index (χ3n) is 3.22. The van der Waals surface area contributed by atoms with Crippen LogP contribution in [-0.4, -0.2) is 49.5 Å². The highest BCUT2D eigenvalue weighted by Gasteiger charge is 2.20. The van der Waals surface area contributed by atoms with Crippen molar-refractivity contribution in [3.05, 3.63) is 17.5 Å². The second-order valence-electron chi connectivity index (χ2n) is 4.59. The zero-order valence-electron chi connectivity index (χ0n) is 11.2. The molecule has 5 nitrogen and oxygen atoms in total. The molecule has 106 valence electrons. The fourth-order valence-corrected chi connectivity index (χ4v) is 2.35. The highest BCUT2D eigenvalue weighted by atomic mass is 35.5. The van der Waals surface area contributed by atoms with Crippen LogP contribution in [0.5, 0.6) is 0 Å². The number of halogens is 1. The molecule has 0 atom stereocenters. The number of hydrogen-bond donors (Lipinski definition) is 0. The summed E-state index contributed by atoms with van der Waals surface area (Å²) < 4.78 is 10.8. The number of methoxy groups -OCH3 is 1. The average molecular weight is 286 g/mol. The standard InChI is InChI=1S/C13H20ClN3O2/c1-18-9-2-10-19-11-4-7-17(8-5-11)12-3-6-15-13(14)16-12/h3,6,11H,2,4-5,7-10H2,1H3. The van der Waals surface area contributed by atoms with Gasteiger partial charge in [0.1, 0.15) is 5.82 Å². The zero-order valence-corrected chi connectivity index (χ0v) is 12.0. The van der Waals surface area contributed by atoms with Crippen molar-refractivity contribution in [2.24, 2.45) is 0 Å². The van der Waals surface area contributed by atoms with Gasteiger partial charge in [0, 0.05) is 39.6 Å². The van der Waals surface area contributed by atoms with Gasteiger partial charge in [-0.25, -0.2) is 9.97 Å². The Balaban J connectivity index is 1.73. The van der Waals surface area contributed by atoms with E-state index in [4.69, 9.17) is 21.1 Å². The summed E-state index contributed by atoms with van der Waals surface area (Å²) in [6, 6.07) is 1.89. The van der Waals surface area contributed by atoms with Gasteiger partial charge < -0.3 is 14.4 Å². The Hall–Kier alpha value is -0.910. The van der Waals surface area contributed by atoms with E-state index in [9.17, 15) is 0 Å². The first-order valence-electron chi connectivity index (χ1n) is 6.63. The van der Waals surface area contributed by atoms with Crippen LogP contribution in [0.1, 0.15) is 19.3 Å². The van der Waals surface area contributed by atoms with Gasteiger partial charge in [-0.3, -0.25) is 0 Å². The highest BCUT2D eigenvalue weighted by Crippen LogP contribution is 2.20. The maximum Gasteiger partial charge on any atom is 0.224 e. The molecule has 0 aromatic carbocycles. The topological polar surface area (TPSA) is 47.5 Å². The molecular formula is C13H20ClN3O2. The van der Waals surface area contributed by atoms with Gasteiger partial charge in [-0.15, -0.1) is 0 Å². The molecule has 0 aliphatic carbocycles. The molecule has 1 aromatic rings. The van der Waals surface area contributed by atoms with E-state index in [1.54, 1.807) is 13.3 Å². The van der Waals surface area contributed by atoms with Gasteiger partial charge in [0.2, 0.25) is 5.28 Å². The second kappa shape index (κ2) is 7.62. The first kappa shape index (κ1) is 14.5. The molecule has 0 spiro atoms. The van der Waals surface area contributed by atoms with Gasteiger partial charge in [-0.1, -0.05) is 0 Å². The smallest absolute Gasteiger partial charge is 0.224 e. The van der Waals surface area contributed by atoms with Crippen molar-refractivity contribution in [3.8, 4) is 0 Å². The van der Waals surface area contributed by atoms with Gasteiger partial charge in [-0.2, -0.15) is 0 Å². The molecule has 1 aliphatic heterocycles. The summed E-state index contributed by atoms with van der Waals surface area (Å²) in [4.78, 5) is 10.4. The normalized spacial score (nSPS) is 16.8. The van der Waals surface area contributed by atoms with Crippen molar-refractivity contribution in [2.45, 2.75) is 25.4 Å². The van der Waals surface area contributed by atoms with Crippen LogP contribution in [-0.2, 0) is 9.47 Å². The van der Waals surface area contributed by atoms with Crippen LogP contribution < -0.4 is 4.90 Å². The lowest BCUT2D eigenvalue weighted by molar-refractivity contribution is 0.0257. The summed E-state index contributed by atoms with van der Waals surface area (Å²) in [5.74, 6) is 0.901. The van der Waals surface area contributed by atoms with Crippen LogP contribution in [0.3, 0.4) is 0 Å². The molecule has 0 amide bonds. The lowest BCUT2D eigenvalue weighted by Gasteiger charge is -2.32. The van der Waals surface area contributed by atoms with Crippen LogP contribution in [0.15, 0.2) is 12.3 Å². The van der Waals surface area contributed by atoms with E-state index in [-0.39, 0.29) is 0 Å². The lowest BCUT2D eigenvalue weighted by atomic mass is 10.1. The number of rotatable bonds is 6. The fourth-order valence-electron chi connectivity index (χ4n) is 2.21. The Bertz CT molecular complexity index is 384. The van der Waals surface area contributed by atoms with Crippen LogP contribution >= 0.6 is 11.6 Å². The molecular weight excluding hydrogens is 266 g/mol. The minimum atomic E-state index is 0.301. The highest BCUT2D eigenvalue weighted by molar-refractivity contribution is 6.28. The minimum Gasteiger partial charge on any atom is -0.385 e. The van der Waals surface area contributed by atoms with Gasteiger partial charge >= 0.3 is 0 Å². The zero-order chi connectivity index (χ0) is 13.5. The van der Waals surface area contributed by atoms with E-state index in [0.29, 0.717) is 11.4 Å². The number of nitrogens with zero attached hydrogens (tertiary/aromatic N) is 3. The third-order valence-corrected chi connectivity index (χ3v) is 3.41. The average Bonchev–Trinajstić information content (AvgIpc) is 2.44. The molecule has 2 heterocycles. The SMILES string of the molecule is COCCCOC1CCN(c2ccnc(Cl)n2)CC1. The molecule has 19 heavy (non-hydrogen) atoms. The number of aromatic nitrogens is 2. The van der Waals surface area contributed by atoms with E-state index in [2.05, 4.69) is 14.9 Å². The monoisotopic (exact) mass is 285 g/mol. The molecule has 0 radical (unpaired) electrons. The molecule has 1 saturated heterocycles. The summed E-state index contributed by atoms with van der Waals surface area (Å²) >= 11 is 5.81. The predicted molar refractivity (Wildman–Crippen MR) is 74.7 cm³/mol. The first-order chi connectivity index (χ1) is 9.29. The van der Waals surface area contributed by atoms with E-state index in [0.717, 1.165) is 51.4 Å². The summed E-state index contributed by atoms with van der Waals surface area (Å²) in [6.07, 6.45) is 5.05. The van der Waals surface area contributed by atoms with Crippen molar-refractivity contribution in [1.82, 2.24) is 9.97 Å². The van der Waals surface area contributed by atoms with E-state index in [1.807, 2.05) is 6.07 Å². The second-order valence-corrected chi connectivity index (χ2v) is 4.93. The van der Waals surface area contributed by atoms with Gasteiger partial charge in [-0.05, 0) is 36.9 Å². The van der Waals surface area contributed by atoms with Crippen molar-refractivity contribution in [1.29, 1.82) is 0 Å². The van der Waals surface area contributed by atoms with Crippen LogP contribution in [0.4, 0.5) is 5.82 Å². The maximum atomic E-state index is 5.83. The van der Waals surface area contributed by atoms with Gasteiger partial charge in [0.05, 0.1) is 6.10 Å². The molecule has 1 aliphatic rings. The van der Waals surface area contributed by atoms with Gasteiger partial charge in [0.25, 0.3) is 0 Å². The lowest BCUT2D eigenvalue weighted by Crippen LogP contribution is -2.37. The van der Waals surface area contributed by atoms with E-state index >= 15 is 0 Å². The Morgan fingerprint density at radius 1 is 1.37 bits per heavy atom. The van der Waals surface area contributed by atoms with Crippen molar-refractivity contribution in [2.75, 3.05) is 38.3 Å². The van der Waals surface area contributed by atoms with Crippen LogP contribution in [0, 0.1) is 0 Å². The fraction of sp³-hybridized carbons (Fsp3) is 0.692. The molecule has 1 aromatic heterocycles. The molecule has 2 rings (SSSR count). The maximum absolute atomic E-state index is 5.83. The molecule has 0 saturated carbocycles. The largest absolute Gasteiger partial charge is 0.385 e. The minimum absolute atomic E-state index is 0.301. The first-order valence-corrected chi connectivity index (χ1v) is 7.01. The number of ether oxygens (including phenoxy) is 2. The van der Waals surface area contributed by atoms with Crippen LogP contribution in [0.2, 0.25) is 5.28 Å².